The molecule has 1 aliphatic rings. The van der Waals surface area contributed by atoms with Gasteiger partial charge in [-0.15, -0.1) is 4.84 Å². The molecular weight excluding hydrogens is 200 g/mol. The van der Waals surface area contributed by atoms with E-state index >= 15 is 0 Å². The Labute approximate surface area is 83.0 Å². The third-order valence-corrected chi connectivity index (χ3v) is 1.83. The van der Waals surface area contributed by atoms with E-state index < -0.39 is 0 Å². The molecule has 0 aromatic carbocycles. The van der Waals surface area contributed by atoms with Crippen molar-refractivity contribution >= 4 is 11.5 Å². The minimum atomic E-state index is 0.389. The lowest BCUT2D eigenvalue weighted by molar-refractivity contribution is 0.221. The maximum absolute atomic E-state index is 4.96. The fraction of sp³-hybridized carbons (Fsp3) is 0. The molecule has 3 rings (SSSR count). The molecular formula is C8H4N4O3+. The average Bonchev–Trinajstić information content (AvgIpc) is 3.01. The van der Waals surface area contributed by atoms with Gasteiger partial charge < -0.3 is 9.05 Å². The quantitative estimate of drug-likeness (QED) is 0.733. The maximum atomic E-state index is 4.96. The highest BCUT2D eigenvalue weighted by Gasteiger charge is 2.32. The maximum Gasteiger partial charge on any atom is 0.468 e. The van der Waals surface area contributed by atoms with E-state index in [1.165, 1.54) is 12.5 Å². The Morgan fingerprint density at radius 2 is 2.27 bits per heavy atom. The molecule has 3 heterocycles. The smallest absolute Gasteiger partial charge is 0.364 e. The highest BCUT2D eigenvalue weighted by atomic mass is 16.7. The van der Waals surface area contributed by atoms with Gasteiger partial charge in [0.15, 0.2) is 11.5 Å². The Morgan fingerprint density at radius 1 is 1.27 bits per heavy atom. The fourth-order valence-electron chi connectivity index (χ4n) is 1.19. The van der Waals surface area contributed by atoms with Gasteiger partial charge in [-0.3, -0.25) is 0 Å². The van der Waals surface area contributed by atoms with Crippen LogP contribution in [-0.2, 0) is 4.84 Å². The summed E-state index contributed by atoms with van der Waals surface area (Å²) in [7, 11) is 0. The second kappa shape index (κ2) is 3.05. The molecule has 0 aliphatic carbocycles. The molecule has 7 heteroatoms. The van der Waals surface area contributed by atoms with Crippen molar-refractivity contribution in [3.05, 3.63) is 36.0 Å². The van der Waals surface area contributed by atoms with Crippen LogP contribution in [0.4, 0.5) is 0 Å². The summed E-state index contributed by atoms with van der Waals surface area (Å²) in [6.45, 7) is 0. The highest BCUT2D eigenvalue weighted by Crippen LogP contribution is 2.29. The topological polar surface area (TPSA) is 87.8 Å². The van der Waals surface area contributed by atoms with Crippen LogP contribution < -0.4 is 5.28 Å². The van der Waals surface area contributed by atoms with Gasteiger partial charge >= 0.3 is 5.28 Å². The molecule has 0 amide bonds. The van der Waals surface area contributed by atoms with Crippen LogP contribution in [0.15, 0.2) is 38.8 Å². The third-order valence-electron chi connectivity index (χ3n) is 1.83. The van der Waals surface area contributed by atoms with E-state index in [2.05, 4.69) is 20.7 Å². The van der Waals surface area contributed by atoms with Crippen molar-refractivity contribution < 1.29 is 13.9 Å². The van der Waals surface area contributed by atoms with Crippen molar-refractivity contribution in [3.8, 4) is 0 Å². The molecule has 15 heavy (non-hydrogen) atoms. The molecule has 0 spiro atoms. The zero-order valence-corrected chi connectivity index (χ0v) is 7.32. The number of aromatic nitrogens is 2. The van der Waals surface area contributed by atoms with Crippen molar-refractivity contribution in [2.45, 2.75) is 0 Å². The van der Waals surface area contributed by atoms with E-state index in [4.69, 9.17) is 13.9 Å². The van der Waals surface area contributed by atoms with Gasteiger partial charge in [0.05, 0.1) is 6.20 Å². The number of nitrogens with zero attached hydrogens (tertiary/aromatic N) is 4. The van der Waals surface area contributed by atoms with Gasteiger partial charge in [-0.2, -0.15) is 0 Å². The number of rotatable bonds is 2. The lowest BCUT2D eigenvalue weighted by atomic mass is 10.2. The van der Waals surface area contributed by atoms with Gasteiger partial charge in [-0.25, -0.2) is 0 Å². The Bertz CT molecular complexity index is 512. The molecule has 0 fully saturated rings. The van der Waals surface area contributed by atoms with Crippen LogP contribution in [0.3, 0.4) is 0 Å². The molecule has 0 saturated carbocycles. The molecule has 0 atom stereocenters. The SMILES string of the molecule is c1cc(C2=C(c3ccon3)O[N+]=N2)on1. The van der Waals surface area contributed by atoms with Gasteiger partial charge in [0, 0.05) is 12.1 Å². The van der Waals surface area contributed by atoms with Crippen molar-refractivity contribution in [1.82, 2.24) is 15.6 Å². The predicted octanol–water partition coefficient (Wildman–Crippen LogP) is 1.22. The van der Waals surface area contributed by atoms with Crippen LogP contribution in [0.25, 0.3) is 11.5 Å². The van der Waals surface area contributed by atoms with Gasteiger partial charge in [-0.05, 0) is 0 Å². The fourth-order valence-corrected chi connectivity index (χ4v) is 1.19. The first-order valence-electron chi connectivity index (χ1n) is 4.09. The van der Waals surface area contributed by atoms with Crippen molar-refractivity contribution in [2.75, 3.05) is 0 Å². The predicted molar refractivity (Wildman–Crippen MR) is 45.5 cm³/mol. The molecule has 0 saturated heterocycles. The summed E-state index contributed by atoms with van der Waals surface area (Å²) in [5.41, 5.74) is 0.952. The Kier molecular flexibility index (Phi) is 1.61. The first-order valence-corrected chi connectivity index (χ1v) is 4.09. The molecule has 7 nitrogen and oxygen atoms in total. The molecule has 0 bridgehead atoms. The third kappa shape index (κ3) is 1.21. The van der Waals surface area contributed by atoms with E-state index in [0.717, 1.165) is 0 Å². The van der Waals surface area contributed by atoms with Crippen LogP contribution in [0, 0.1) is 0 Å². The molecule has 0 N–H and O–H groups in total. The second-order valence-corrected chi connectivity index (χ2v) is 2.71. The zero-order chi connectivity index (χ0) is 10.1. The summed E-state index contributed by atoms with van der Waals surface area (Å²) >= 11 is 0. The Balaban J connectivity index is 2.11. The van der Waals surface area contributed by atoms with Gasteiger partial charge in [0.25, 0.3) is 5.76 Å². The van der Waals surface area contributed by atoms with Crippen LogP contribution in [-0.4, -0.2) is 10.3 Å². The summed E-state index contributed by atoms with van der Waals surface area (Å²) in [6, 6.07) is 3.30. The standard InChI is InChI=1S/C8H4N4O3/c1-3-9-14-6(1)7-8(15-12-10-7)5-2-4-13-11-5/h1-4H/q+1. The monoisotopic (exact) mass is 204 g/mol. The van der Waals surface area contributed by atoms with E-state index in [0.29, 0.717) is 22.9 Å². The largest absolute Gasteiger partial charge is 0.468 e. The molecule has 0 unspecified atom stereocenters. The lowest BCUT2D eigenvalue weighted by Crippen LogP contribution is -1.88. The minimum absolute atomic E-state index is 0.389. The Hall–Kier alpha value is -2.44. The van der Waals surface area contributed by atoms with Crippen LogP contribution in [0.1, 0.15) is 11.5 Å². The lowest BCUT2D eigenvalue weighted by Gasteiger charge is -1.87. The van der Waals surface area contributed by atoms with E-state index in [9.17, 15) is 0 Å². The molecule has 1 radical (unpaired) electrons. The van der Waals surface area contributed by atoms with Crippen LogP contribution >= 0.6 is 0 Å². The summed E-state index contributed by atoms with van der Waals surface area (Å²) in [5.74, 6) is 0.856. The number of hydrogen-bond donors (Lipinski definition) is 0. The minimum Gasteiger partial charge on any atom is -0.364 e. The average molecular weight is 204 g/mol. The van der Waals surface area contributed by atoms with Crippen LogP contribution in [0.2, 0.25) is 0 Å². The van der Waals surface area contributed by atoms with Crippen molar-refractivity contribution in [3.63, 3.8) is 0 Å². The molecule has 1 aliphatic heterocycles. The van der Waals surface area contributed by atoms with Gasteiger partial charge in [-0.1, -0.05) is 10.3 Å². The summed E-state index contributed by atoms with van der Waals surface area (Å²) < 4.78 is 9.64. The number of hydrogen-bond acceptors (Lipinski definition) is 7. The first kappa shape index (κ1) is 7.92. The Morgan fingerprint density at radius 3 is 3.00 bits per heavy atom. The molecule has 2 aromatic heterocycles. The normalized spacial score (nSPS) is 14.7. The summed E-state index contributed by atoms with van der Waals surface area (Å²) in [6.07, 6.45) is 2.94. The summed E-state index contributed by atoms with van der Waals surface area (Å²) in [4.78, 5) is 4.96. The second-order valence-electron chi connectivity index (χ2n) is 2.71. The van der Waals surface area contributed by atoms with Crippen molar-refractivity contribution in [2.24, 2.45) is 5.11 Å². The van der Waals surface area contributed by atoms with Crippen molar-refractivity contribution in [1.29, 1.82) is 0 Å². The van der Waals surface area contributed by atoms with E-state index in [1.54, 1.807) is 12.1 Å². The highest BCUT2D eigenvalue weighted by molar-refractivity contribution is 5.84. The molecule has 73 valence electrons. The van der Waals surface area contributed by atoms with Crippen LogP contribution in [0.5, 0.6) is 0 Å². The molecule has 2 aromatic rings. The summed E-state index contributed by atoms with van der Waals surface area (Å²) in [5, 5.41) is 14.5. The van der Waals surface area contributed by atoms with E-state index in [-0.39, 0.29) is 0 Å². The van der Waals surface area contributed by atoms with E-state index in [1.807, 2.05) is 0 Å². The first-order chi connectivity index (χ1) is 7.45. The zero-order valence-electron chi connectivity index (χ0n) is 7.32. The van der Waals surface area contributed by atoms with Gasteiger partial charge in [0.2, 0.25) is 5.70 Å². The van der Waals surface area contributed by atoms with Gasteiger partial charge in [0.1, 0.15) is 11.4 Å².